The average molecular weight is 279 g/mol. The lowest BCUT2D eigenvalue weighted by molar-refractivity contribution is -0.117. The van der Waals surface area contributed by atoms with Crippen LogP contribution in [0.4, 0.5) is 0 Å². The summed E-state index contributed by atoms with van der Waals surface area (Å²) in [6.07, 6.45) is 4.20. The molecule has 0 radical (unpaired) electrons. The van der Waals surface area contributed by atoms with E-state index in [1.54, 1.807) is 12.4 Å². The second-order valence-corrected chi connectivity index (χ2v) is 4.47. The summed E-state index contributed by atoms with van der Waals surface area (Å²) in [5.41, 5.74) is 1.03. The second kappa shape index (κ2) is 5.07. The molecule has 0 spiro atoms. The van der Waals surface area contributed by atoms with E-state index in [2.05, 4.69) is 25.9 Å². The van der Waals surface area contributed by atoms with Gasteiger partial charge in [0.2, 0.25) is 0 Å². The number of imidazole rings is 1. The van der Waals surface area contributed by atoms with Gasteiger partial charge < -0.3 is 4.98 Å². The van der Waals surface area contributed by atoms with Crippen molar-refractivity contribution in [2.45, 2.75) is 12.8 Å². The fraction of sp³-hybridized carbons (Fsp3) is 0.167. The highest BCUT2D eigenvalue weighted by atomic mass is 79.9. The maximum atomic E-state index is 11.7. The number of benzene rings is 1. The Balaban J connectivity index is 1.95. The van der Waals surface area contributed by atoms with Crippen LogP contribution < -0.4 is 0 Å². The predicted molar refractivity (Wildman–Crippen MR) is 65.1 cm³/mol. The van der Waals surface area contributed by atoms with Crippen LogP contribution in [0.2, 0.25) is 0 Å². The van der Waals surface area contributed by atoms with E-state index in [9.17, 15) is 4.79 Å². The highest BCUT2D eigenvalue weighted by Gasteiger charge is 2.06. The van der Waals surface area contributed by atoms with Crippen molar-refractivity contribution >= 4 is 21.7 Å². The summed E-state index contributed by atoms with van der Waals surface area (Å²) in [5, 5.41) is 0. The fourth-order valence-electron chi connectivity index (χ4n) is 1.47. The summed E-state index contributed by atoms with van der Waals surface area (Å²) in [5.74, 6) is 0.888. The maximum Gasteiger partial charge on any atom is 0.144 e. The molecule has 1 aromatic carbocycles. The monoisotopic (exact) mass is 278 g/mol. The Labute approximate surface area is 102 Å². The normalized spacial score (nSPS) is 10.3. The average Bonchev–Trinajstić information content (AvgIpc) is 2.74. The van der Waals surface area contributed by atoms with Gasteiger partial charge in [-0.15, -0.1) is 0 Å². The molecule has 1 aromatic heterocycles. The molecular formula is C12H11BrN2O. The van der Waals surface area contributed by atoms with Crippen molar-refractivity contribution in [1.29, 1.82) is 0 Å². The first-order chi connectivity index (χ1) is 7.74. The number of rotatable bonds is 4. The number of H-pyrrole nitrogens is 1. The molecule has 0 amide bonds. The number of Topliss-reactive ketones (excluding diaryl/α,β-unsaturated/α-hetero) is 1. The van der Waals surface area contributed by atoms with Crippen molar-refractivity contribution in [2.24, 2.45) is 0 Å². The number of aromatic nitrogens is 2. The van der Waals surface area contributed by atoms with Crippen LogP contribution in [0.25, 0.3) is 0 Å². The van der Waals surface area contributed by atoms with E-state index in [1.807, 2.05) is 24.3 Å². The number of carbonyl (C=O) groups is 1. The Hall–Kier alpha value is -1.42. The molecule has 16 heavy (non-hydrogen) atoms. The third-order valence-electron chi connectivity index (χ3n) is 2.23. The molecule has 0 aliphatic rings. The van der Waals surface area contributed by atoms with Gasteiger partial charge in [0.1, 0.15) is 11.6 Å². The Bertz CT molecular complexity index is 462. The Morgan fingerprint density at radius 3 is 2.62 bits per heavy atom. The third-order valence-corrected chi connectivity index (χ3v) is 2.76. The van der Waals surface area contributed by atoms with E-state index >= 15 is 0 Å². The molecule has 3 nitrogen and oxygen atoms in total. The smallest absolute Gasteiger partial charge is 0.144 e. The van der Waals surface area contributed by atoms with E-state index in [0.29, 0.717) is 12.8 Å². The molecule has 2 aromatic rings. The Morgan fingerprint density at radius 1 is 1.25 bits per heavy atom. The van der Waals surface area contributed by atoms with Gasteiger partial charge in [-0.25, -0.2) is 4.98 Å². The summed E-state index contributed by atoms with van der Waals surface area (Å²) in [7, 11) is 0. The predicted octanol–water partition coefficient (Wildman–Crippen LogP) is 2.53. The standard InChI is InChI=1S/C12H11BrN2O/c13-10-3-1-9(2-4-10)7-11(16)8-12-14-5-6-15-12/h1-6H,7-8H2,(H,14,15). The summed E-state index contributed by atoms with van der Waals surface area (Å²) >= 11 is 3.36. The van der Waals surface area contributed by atoms with Gasteiger partial charge in [0, 0.05) is 23.3 Å². The van der Waals surface area contributed by atoms with Crippen molar-refractivity contribution < 1.29 is 4.79 Å². The first kappa shape index (κ1) is 11.1. The lowest BCUT2D eigenvalue weighted by Crippen LogP contribution is -2.07. The van der Waals surface area contributed by atoms with Gasteiger partial charge in [0.15, 0.2) is 0 Å². The summed E-state index contributed by atoms with van der Waals surface area (Å²) in [6, 6.07) is 7.78. The molecule has 1 heterocycles. The zero-order valence-corrected chi connectivity index (χ0v) is 10.2. The van der Waals surface area contributed by atoms with Gasteiger partial charge in [-0.2, -0.15) is 0 Å². The first-order valence-corrected chi connectivity index (χ1v) is 5.78. The van der Waals surface area contributed by atoms with E-state index in [4.69, 9.17) is 0 Å². The molecule has 2 rings (SSSR count). The van der Waals surface area contributed by atoms with Crippen molar-refractivity contribution in [1.82, 2.24) is 9.97 Å². The Morgan fingerprint density at radius 2 is 2.00 bits per heavy atom. The third kappa shape index (κ3) is 3.03. The van der Waals surface area contributed by atoms with Crippen molar-refractivity contribution in [3.8, 4) is 0 Å². The first-order valence-electron chi connectivity index (χ1n) is 4.98. The number of aromatic amines is 1. The lowest BCUT2D eigenvalue weighted by atomic mass is 10.1. The maximum absolute atomic E-state index is 11.7. The molecule has 0 saturated heterocycles. The molecule has 0 atom stereocenters. The minimum Gasteiger partial charge on any atom is -0.348 e. The van der Waals surface area contributed by atoms with Crippen LogP contribution >= 0.6 is 15.9 Å². The summed E-state index contributed by atoms with van der Waals surface area (Å²) in [4.78, 5) is 18.6. The molecule has 0 bridgehead atoms. The molecule has 0 aliphatic carbocycles. The number of nitrogens with one attached hydrogen (secondary N) is 1. The minimum absolute atomic E-state index is 0.164. The summed E-state index contributed by atoms with van der Waals surface area (Å²) in [6.45, 7) is 0. The molecular weight excluding hydrogens is 268 g/mol. The molecule has 1 N–H and O–H groups in total. The van der Waals surface area contributed by atoms with Crippen LogP contribution in [0.1, 0.15) is 11.4 Å². The van der Waals surface area contributed by atoms with E-state index < -0.39 is 0 Å². The van der Waals surface area contributed by atoms with Crippen LogP contribution in [0.15, 0.2) is 41.1 Å². The highest BCUT2D eigenvalue weighted by molar-refractivity contribution is 9.10. The van der Waals surface area contributed by atoms with Crippen LogP contribution in [0.3, 0.4) is 0 Å². The zero-order chi connectivity index (χ0) is 11.4. The van der Waals surface area contributed by atoms with Gasteiger partial charge >= 0.3 is 0 Å². The number of ketones is 1. The van der Waals surface area contributed by atoms with Crippen LogP contribution in [0.5, 0.6) is 0 Å². The molecule has 0 fully saturated rings. The molecule has 82 valence electrons. The van der Waals surface area contributed by atoms with Crippen LogP contribution in [-0.4, -0.2) is 15.8 Å². The van der Waals surface area contributed by atoms with Crippen LogP contribution in [-0.2, 0) is 17.6 Å². The topological polar surface area (TPSA) is 45.8 Å². The largest absolute Gasteiger partial charge is 0.348 e. The van der Waals surface area contributed by atoms with Gasteiger partial charge in [0.05, 0.1) is 6.42 Å². The van der Waals surface area contributed by atoms with Gasteiger partial charge in [-0.05, 0) is 17.7 Å². The van der Waals surface area contributed by atoms with Crippen molar-refractivity contribution in [3.05, 3.63) is 52.5 Å². The fourth-order valence-corrected chi connectivity index (χ4v) is 1.74. The van der Waals surface area contributed by atoms with Gasteiger partial charge in [-0.1, -0.05) is 28.1 Å². The number of carbonyl (C=O) groups excluding carboxylic acids is 1. The number of hydrogen-bond donors (Lipinski definition) is 1. The Kier molecular flexibility index (Phi) is 3.51. The highest BCUT2D eigenvalue weighted by Crippen LogP contribution is 2.11. The van der Waals surface area contributed by atoms with Crippen LogP contribution in [0, 0.1) is 0 Å². The quantitative estimate of drug-likeness (QED) is 0.934. The lowest BCUT2D eigenvalue weighted by Gasteiger charge is -2.00. The number of hydrogen-bond acceptors (Lipinski definition) is 2. The van der Waals surface area contributed by atoms with Gasteiger partial charge in [-0.3, -0.25) is 4.79 Å². The molecule has 0 aliphatic heterocycles. The molecule has 0 unspecified atom stereocenters. The summed E-state index contributed by atoms with van der Waals surface area (Å²) < 4.78 is 1.02. The van der Waals surface area contributed by atoms with Gasteiger partial charge in [0.25, 0.3) is 0 Å². The van der Waals surface area contributed by atoms with Crippen molar-refractivity contribution in [2.75, 3.05) is 0 Å². The SMILES string of the molecule is O=C(Cc1ccc(Br)cc1)Cc1ncc[nH]1. The van der Waals surface area contributed by atoms with Crippen molar-refractivity contribution in [3.63, 3.8) is 0 Å². The van der Waals surface area contributed by atoms with E-state index in [0.717, 1.165) is 15.9 Å². The zero-order valence-electron chi connectivity index (χ0n) is 8.61. The number of nitrogens with zero attached hydrogens (tertiary/aromatic N) is 1. The van der Waals surface area contributed by atoms with E-state index in [1.165, 1.54) is 0 Å². The second-order valence-electron chi connectivity index (χ2n) is 3.55. The molecule has 0 saturated carbocycles. The number of halogens is 1. The minimum atomic E-state index is 0.164. The van der Waals surface area contributed by atoms with E-state index in [-0.39, 0.29) is 5.78 Å². The molecule has 4 heteroatoms.